The topological polar surface area (TPSA) is 70.9 Å². The lowest BCUT2D eigenvalue weighted by Gasteiger charge is -2.38. The van der Waals surface area contributed by atoms with E-state index in [1.165, 1.54) is 0 Å². The molecule has 1 unspecified atom stereocenters. The van der Waals surface area contributed by atoms with Crippen molar-refractivity contribution in [3.8, 4) is 0 Å². The van der Waals surface area contributed by atoms with E-state index in [9.17, 15) is 0 Å². The predicted octanol–water partition coefficient (Wildman–Crippen LogP) is 2.70. The fraction of sp³-hybridized carbons (Fsp3) is 0.438. The molecule has 1 aliphatic rings. The first-order chi connectivity index (χ1) is 12.3. The number of fused-ring (bicyclic) bond motifs is 1. The van der Waals surface area contributed by atoms with Crippen molar-refractivity contribution in [2.24, 2.45) is 0 Å². The molecule has 0 amide bonds. The minimum Gasteiger partial charge on any atom is -0.354 e. The highest BCUT2D eigenvalue weighted by Crippen LogP contribution is 2.34. The summed E-state index contributed by atoms with van der Waals surface area (Å²) in [6.07, 6.45) is 7.61. The molecular weight excluding hydrogens is 354 g/mol. The molecule has 4 rings (SSSR count). The van der Waals surface area contributed by atoms with Crippen LogP contribution in [0, 0.1) is 0 Å². The van der Waals surface area contributed by atoms with Gasteiger partial charge in [0.15, 0.2) is 21.6 Å². The van der Waals surface area contributed by atoms with Gasteiger partial charge in [0.05, 0.1) is 0 Å². The van der Waals surface area contributed by atoms with E-state index in [0.29, 0.717) is 6.04 Å². The van der Waals surface area contributed by atoms with Crippen LogP contribution in [0.2, 0.25) is 0 Å². The van der Waals surface area contributed by atoms with Gasteiger partial charge in [-0.05, 0) is 31.2 Å². The Hall–Kier alpha value is -2.00. The van der Waals surface area contributed by atoms with Crippen LogP contribution in [0.4, 0.5) is 11.6 Å². The van der Waals surface area contributed by atoms with E-state index in [0.717, 1.165) is 52.3 Å². The van der Waals surface area contributed by atoms with Crippen LogP contribution in [0.3, 0.4) is 0 Å². The molecular formula is C16H19N7S2. The van der Waals surface area contributed by atoms with Gasteiger partial charge in [0.25, 0.3) is 0 Å². The molecule has 4 heterocycles. The average molecular weight is 374 g/mol. The van der Waals surface area contributed by atoms with Crippen molar-refractivity contribution in [1.82, 2.24) is 25.1 Å². The van der Waals surface area contributed by atoms with Gasteiger partial charge in [-0.3, -0.25) is 0 Å². The highest BCUT2D eigenvalue weighted by Gasteiger charge is 2.26. The van der Waals surface area contributed by atoms with Crippen molar-refractivity contribution in [3.05, 3.63) is 24.7 Å². The van der Waals surface area contributed by atoms with Crippen LogP contribution in [0.1, 0.15) is 12.8 Å². The summed E-state index contributed by atoms with van der Waals surface area (Å²) in [7, 11) is 2.12. The summed E-state index contributed by atoms with van der Waals surface area (Å²) >= 11 is 3.31. The first-order valence-corrected chi connectivity index (χ1v) is 10.2. The maximum Gasteiger partial charge on any atom is 0.176 e. The molecule has 0 bridgehead atoms. The Kier molecular flexibility index (Phi) is 4.67. The lowest BCUT2D eigenvalue weighted by Crippen LogP contribution is -2.47. The van der Waals surface area contributed by atoms with E-state index in [1.54, 1.807) is 35.6 Å². The van der Waals surface area contributed by atoms with Crippen molar-refractivity contribution in [2.75, 3.05) is 36.2 Å². The molecule has 1 saturated heterocycles. The molecule has 0 N–H and O–H groups in total. The fourth-order valence-electron chi connectivity index (χ4n) is 3.18. The van der Waals surface area contributed by atoms with Gasteiger partial charge in [-0.15, -0.1) is 16.4 Å². The first-order valence-electron chi connectivity index (χ1n) is 8.17. The quantitative estimate of drug-likeness (QED) is 0.647. The molecule has 0 radical (unpaired) electrons. The van der Waals surface area contributed by atoms with E-state index in [-0.39, 0.29) is 0 Å². The molecule has 1 aliphatic heterocycles. The van der Waals surface area contributed by atoms with Gasteiger partial charge in [-0.1, -0.05) is 11.8 Å². The molecule has 7 nitrogen and oxygen atoms in total. The van der Waals surface area contributed by atoms with E-state index in [2.05, 4.69) is 42.0 Å². The summed E-state index contributed by atoms with van der Waals surface area (Å²) in [6, 6.07) is 4.32. The molecule has 3 aromatic rings. The smallest absolute Gasteiger partial charge is 0.176 e. The Morgan fingerprint density at radius 1 is 1.36 bits per heavy atom. The van der Waals surface area contributed by atoms with Crippen molar-refractivity contribution in [3.63, 3.8) is 0 Å². The van der Waals surface area contributed by atoms with E-state index in [1.807, 2.05) is 18.4 Å². The Labute approximate surface area is 154 Å². The predicted molar refractivity (Wildman–Crippen MR) is 103 cm³/mol. The third-order valence-electron chi connectivity index (χ3n) is 4.49. The van der Waals surface area contributed by atoms with Crippen molar-refractivity contribution >= 4 is 45.1 Å². The third kappa shape index (κ3) is 3.25. The van der Waals surface area contributed by atoms with Crippen molar-refractivity contribution in [2.45, 2.75) is 23.2 Å². The van der Waals surface area contributed by atoms with Gasteiger partial charge in [0.2, 0.25) is 0 Å². The number of rotatable bonds is 4. The summed E-state index contributed by atoms with van der Waals surface area (Å²) in [5.41, 5.74) is 0.785. The summed E-state index contributed by atoms with van der Waals surface area (Å²) < 4.78 is 2.08. The molecule has 0 aromatic carbocycles. The van der Waals surface area contributed by atoms with Crippen LogP contribution < -0.4 is 9.80 Å². The largest absolute Gasteiger partial charge is 0.354 e. The lowest BCUT2D eigenvalue weighted by molar-refractivity contribution is 0.483. The second kappa shape index (κ2) is 7.09. The standard InChI is InChI=1S/C16H19N7S2/c1-22(15-13-14(17-10-18-15)20-16(24-2)25-13)11-5-4-8-23(9-11)12-6-3-7-19-21-12/h3,6-7,10-11H,4-5,8-9H2,1-2H3. The number of thiazole rings is 1. The molecule has 0 spiro atoms. The number of likely N-dealkylation sites (N-methyl/N-ethyl adjacent to an activating group) is 1. The normalized spacial score (nSPS) is 17.8. The van der Waals surface area contributed by atoms with E-state index in [4.69, 9.17) is 0 Å². The summed E-state index contributed by atoms with van der Waals surface area (Å²) in [5, 5.41) is 8.26. The molecule has 0 aliphatic carbocycles. The zero-order valence-corrected chi connectivity index (χ0v) is 15.8. The molecule has 25 heavy (non-hydrogen) atoms. The Morgan fingerprint density at radius 2 is 2.28 bits per heavy atom. The van der Waals surface area contributed by atoms with Gasteiger partial charge in [0, 0.05) is 32.4 Å². The van der Waals surface area contributed by atoms with Crippen LogP contribution >= 0.6 is 23.1 Å². The maximum atomic E-state index is 4.56. The van der Waals surface area contributed by atoms with Gasteiger partial charge in [0.1, 0.15) is 11.0 Å². The van der Waals surface area contributed by atoms with Crippen LogP contribution in [0.15, 0.2) is 29.0 Å². The lowest BCUT2D eigenvalue weighted by atomic mass is 10.0. The van der Waals surface area contributed by atoms with Gasteiger partial charge < -0.3 is 9.80 Å². The number of hydrogen-bond donors (Lipinski definition) is 0. The first kappa shape index (κ1) is 16.5. The fourth-order valence-corrected chi connectivity index (χ4v) is 4.72. The number of piperidine rings is 1. The number of hydrogen-bond acceptors (Lipinski definition) is 9. The third-order valence-corrected chi connectivity index (χ3v) is 6.51. The molecule has 9 heteroatoms. The summed E-state index contributed by atoms with van der Waals surface area (Å²) in [6.45, 7) is 1.92. The molecule has 1 fully saturated rings. The van der Waals surface area contributed by atoms with E-state index < -0.39 is 0 Å². The number of aromatic nitrogens is 5. The van der Waals surface area contributed by atoms with Crippen LogP contribution in [0.5, 0.6) is 0 Å². The molecule has 1 atom stereocenters. The van der Waals surface area contributed by atoms with Gasteiger partial charge in [-0.25, -0.2) is 15.0 Å². The zero-order chi connectivity index (χ0) is 17.2. The highest BCUT2D eigenvalue weighted by molar-refractivity contribution is 8.00. The second-order valence-corrected chi connectivity index (χ2v) is 8.02. The summed E-state index contributed by atoms with van der Waals surface area (Å²) in [4.78, 5) is 18.0. The second-order valence-electron chi connectivity index (χ2n) is 5.97. The monoisotopic (exact) mass is 373 g/mol. The Balaban J connectivity index is 1.60. The SMILES string of the molecule is CSc1nc2ncnc(N(C)C3CCCN(c4cccnn4)C3)c2s1. The van der Waals surface area contributed by atoms with Crippen molar-refractivity contribution in [1.29, 1.82) is 0 Å². The van der Waals surface area contributed by atoms with Crippen LogP contribution in [0.25, 0.3) is 10.3 Å². The Bertz CT molecular complexity index is 854. The van der Waals surface area contributed by atoms with Gasteiger partial charge >= 0.3 is 0 Å². The van der Waals surface area contributed by atoms with Gasteiger partial charge in [-0.2, -0.15) is 5.10 Å². The van der Waals surface area contributed by atoms with E-state index >= 15 is 0 Å². The molecule has 0 saturated carbocycles. The zero-order valence-electron chi connectivity index (χ0n) is 14.2. The number of anilines is 2. The minimum absolute atomic E-state index is 0.369. The molecule has 130 valence electrons. The minimum atomic E-state index is 0.369. The maximum absolute atomic E-state index is 4.56. The number of thioether (sulfide) groups is 1. The van der Waals surface area contributed by atoms with Crippen LogP contribution in [-0.4, -0.2) is 57.6 Å². The number of nitrogens with zero attached hydrogens (tertiary/aromatic N) is 7. The molecule has 3 aromatic heterocycles. The Morgan fingerprint density at radius 3 is 3.08 bits per heavy atom. The highest BCUT2D eigenvalue weighted by atomic mass is 32.2. The van der Waals surface area contributed by atoms with Crippen molar-refractivity contribution < 1.29 is 0 Å². The van der Waals surface area contributed by atoms with Crippen LogP contribution in [-0.2, 0) is 0 Å². The summed E-state index contributed by atoms with van der Waals surface area (Å²) in [5.74, 6) is 1.91. The average Bonchev–Trinajstić information content (AvgIpc) is 3.11.